The molecule has 5 nitrogen and oxygen atoms in total. The van der Waals surface area contributed by atoms with E-state index in [-0.39, 0.29) is 10.3 Å². The summed E-state index contributed by atoms with van der Waals surface area (Å²) in [5, 5.41) is 0. The minimum Gasteiger partial charge on any atom is -0.384 e. The van der Waals surface area contributed by atoms with E-state index in [4.69, 9.17) is 4.74 Å². The number of nitrogens with zero attached hydrogens (tertiary/aromatic N) is 2. The smallest absolute Gasteiger partial charge is 0.246 e. The molecule has 0 bridgehead atoms. The second-order valence-corrected chi connectivity index (χ2v) is 8.64. The van der Waals surface area contributed by atoms with Gasteiger partial charge < -0.3 is 9.64 Å². The van der Waals surface area contributed by atoms with Gasteiger partial charge in [0.25, 0.3) is 0 Å². The summed E-state index contributed by atoms with van der Waals surface area (Å²) in [5.74, 6) is -0.385. The van der Waals surface area contributed by atoms with Gasteiger partial charge in [0.05, 0.1) is 6.61 Å². The third kappa shape index (κ3) is 2.91. The van der Waals surface area contributed by atoms with Crippen LogP contribution in [0.15, 0.2) is 29.2 Å². The molecule has 0 aliphatic carbocycles. The Kier molecular flexibility index (Phi) is 4.48. The quantitative estimate of drug-likeness (QED) is 0.830. The maximum absolute atomic E-state index is 13.9. The molecule has 1 aromatic rings. The molecule has 2 saturated heterocycles. The Morgan fingerprint density at radius 2 is 2.09 bits per heavy atom. The van der Waals surface area contributed by atoms with Crippen molar-refractivity contribution >= 4 is 10.0 Å². The van der Waals surface area contributed by atoms with E-state index in [0.717, 1.165) is 19.5 Å². The van der Waals surface area contributed by atoms with Crippen molar-refractivity contribution in [3.63, 3.8) is 0 Å². The van der Waals surface area contributed by atoms with Gasteiger partial charge in [0.1, 0.15) is 10.7 Å². The van der Waals surface area contributed by atoms with Gasteiger partial charge in [-0.15, -0.1) is 0 Å². The third-order valence-corrected chi connectivity index (χ3v) is 7.03. The highest BCUT2D eigenvalue weighted by Crippen LogP contribution is 2.45. The predicted molar refractivity (Wildman–Crippen MR) is 85.1 cm³/mol. The number of hydrogen-bond acceptors (Lipinski definition) is 4. The lowest BCUT2D eigenvalue weighted by Gasteiger charge is -2.30. The topological polar surface area (TPSA) is 49.9 Å². The van der Waals surface area contributed by atoms with Gasteiger partial charge in [-0.25, -0.2) is 12.8 Å². The number of ether oxygens (including phenoxy) is 1. The van der Waals surface area contributed by atoms with Crippen molar-refractivity contribution in [1.82, 2.24) is 9.21 Å². The van der Waals surface area contributed by atoms with Gasteiger partial charge in [0.2, 0.25) is 10.0 Å². The third-order valence-electron chi connectivity index (χ3n) is 5.16. The Bertz CT molecular complexity index is 682. The summed E-state index contributed by atoms with van der Waals surface area (Å²) in [4.78, 5) is 2.00. The summed E-state index contributed by atoms with van der Waals surface area (Å²) in [5.41, 5.74) is -0.0942. The fraction of sp³-hybridized carbons (Fsp3) is 0.625. The van der Waals surface area contributed by atoms with E-state index in [9.17, 15) is 12.8 Å². The number of halogens is 1. The molecule has 0 unspecified atom stereocenters. The van der Waals surface area contributed by atoms with E-state index in [0.29, 0.717) is 25.6 Å². The van der Waals surface area contributed by atoms with E-state index in [1.165, 1.54) is 22.5 Å². The number of benzene rings is 1. The molecular weight excluding hydrogens is 319 g/mol. The maximum Gasteiger partial charge on any atom is 0.246 e. The predicted octanol–water partition coefficient (Wildman–Crippen LogP) is 1.41. The normalized spacial score (nSPS) is 29.6. The molecule has 2 aliphatic heterocycles. The first kappa shape index (κ1) is 16.8. The summed E-state index contributed by atoms with van der Waals surface area (Å²) >= 11 is 0. The molecule has 128 valence electrons. The number of rotatable bonds is 4. The number of sulfonamides is 1. The molecule has 0 aromatic heterocycles. The highest BCUT2D eigenvalue weighted by Gasteiger charge is 2.52. The van der Waals surface area contributed by atoms with Gasteiger partial charge in [0, 0.05) is 44.6 Å². The van der Waals surface area contributed by atoms with Gasteiger partial charge in [-0.05, 0) is 25.6 Å². The summed E-state index contributed by atoms with van der Waals surface area (Å²) in [6.07, 6.45) is 0.791. The van der Waals surface area contributed by atoms with Crippen LogP contribution < -0.4 is 0 Å². The molecule has 7 heteroatoms. The number of hydrogen-bond donors (Lipinski definition) is 0. The lowest BCUT2D eigenvalue weighted by molar-refractivity contribution is 0.101. The molecule has 23 heavy (non-hydrogen) atoms. The summed E-state index contributed by atoms with van der Waals surface area (Å²) in [6.45, 7) is 3.25. The van der Waals surface area contributed by atoms with Crippen LogP contribution in [0.1, 0.15) is 6.42 Å². The molecule has 2 aliphatic rings. The van der Waals surface area contributed by atoms with Crippen molar-refractivity contribution in [2.75, 3.05) is 46.9 Å². The first-order valence-corrected chi connectivity index (χ1v) is 9.25. The summed E-state index contributed by atoms with van der Waals surface area (Å²) in [6, 6.07) is 5.58. The molecule has 0 radical (unpaired) electrons. The Balaban J connectivity index is 1.86. The standard InChI is InChI=1S/C16H23FN2O3S/c1-18-9-13(10-22-2)16(11-18)7-8-19(12-16)23(20,21)15-6-4-3-5-14(15)17/h3-6,13H,7-12H2,1-2H3/t13-,16+/m0/s1. The lowest BCUT2D eigenvalue weighted by Crippen LogP contribution is -2.38. The first-order valence-electron chi connectivity index (χ1n) is 7.81. The Hall–Kier alpha value is -1.02. The monoisotopic (exact) mass is 342 g/mol. The Labute approximate surface area is 137 Å². The summed E-state index contributed by atoms with van der Waals surface area (Å²) < 4.78 is 46.3. The minimum atomic E-state index is -3.79. The van der Waals surface area contributed by atoms with Crippen molar-refractivity contribution in [2.24, 2.45) is 11.3 Å². The van der Waals surface area contributed by atoms with Crippen LogP contribution in [-0.4, -0.2) is 64.6 Å². The van der Waals surface area contributed by atoms with Crippen molar-refractivity contribution in [2.45, 2.75) is 11.3 Å². The van der Waals surface area contributed by atoms with Crippen molar-refractivity contribution in [1.29, 1.82) is 0 Å². The molecule has 2 atom stereocenters. The van der Waals surface area contributed by atoms with E-state index in [1.807, 2.05) is 7.05 Å². The lowest BCUT2D eigenvalue weighted by atomic mass is 9.78. The van der Waals surface area contributed by atoms with Gasteiger partial charge >= 0.3 is 0 Å². The highest BCUT2D eigenvalue weighted by atomic mass is 32.2. The fourth-order valence-electron chi connectivity index (χ4n) is 4.05. The van der Waals surface area contributed by atoms with Crippen molar-refractivity contribution in [3.8, 4) is 0 Å². The van der Waals surface area contributed by atoms with Gasteiger partial charge in [-0.3, -0.25) is 0 Å². The van der Waals surface area contributed by atoms with Crippen LogP contribution in [0.25, 0.3) is 0 Å². The molecule has 0 N–H and O–H groups in total. The van der Waals surface area contributed by atoms with Crippen LogP contribution in [-0.2, 0) is 14.8 Å². The number of likely N-dealkylation sites (tertiary alicyclic amines) is 1. The molecule has 1 aromatic carbocycles. The van der Waals surface area contributed by atoms with Crippen molar-refractivity contribution < 1.29 is 17.5 Å². The second kappa shape index (κ2) is 6.12. The van der Waals surface area contributed by atoms with Crippen LogP contribution in [0.4, 0.5) is 4.39 Å². The van der Waals surface area contributed by atoms with Gasteiger partial charge in [-0.1, -0.05) is 12.1 Å². The average molecular weight is 342 g/mol. The zero-order valence-corrected chi connectivity index (χ0v) is 14.4. The fourth-order valence-corrected chi connectivity index (χ4v) is 5.65. The molecule has 0 amide bonds. The van der Waals surface area contributed by atoms with E-state index >= 15 is 0 Å². The molecule has 1 spiro atoms. The maximum atomic E-state index is 13.9. The SMILES string of the molecule is COC[C@@H]1CN(C)C[C@@]12CCN(S(=O)(=O)c1ccccc1F)C2. The minimum absolute atomic E-state index is 0.0942. The van der Waals surface area contributed by atoms with Crippen LogP contribution in [0.3, 0.4) is 0 Å². The van der Waals surface area contributed by atoms with Crippen LogP contribution in [0.2, 0.25) is 0 Å². The van der Waals surface area contributed by atoms with Crippen LogP contribution in [0, 0.1) is 17.2 Å². The second-order valence-electron chi connectivity index (χ2n) is 6.73. The summed E-state index contributed by atoms with van der Waals surface area (Å²) in [7, 11) is -0.0672. The zero-order chi connectivity index (χ0) is 16.7. The number of methoxy groups -OCH3 is 1. The van der Waals surface area contributed by atoms with E-state index < -0.39 is 15.8 Å². The Morgan fingerprint density at radius 3 is 2.78 bits per heavy atom. The molecule has 0 saturated carbocycles. The van der Waals surface area contributed by atoms with Crippen LogP contribution in [0.5, 0.6) is 0 Å². The van der Waals surface area contributed by atoms with Gasteiger partial charge in [-0.2, -0.15) is 4.31 Å². The van der Waals surface area contributed by atoms with Crippen molar-refractivity contribution in [3.05, 3.63) is 30.1 Å². The van der Waals surface area contributed by atoms with E-state index in [1.54, 1.807) is 13.2 Å². The van der Waals surface area contributed by atoms with Gasteiger partial charge in [0.15, 0.2) is 0 Å². The molecule has 3 rings (SSSR count). The molecular formula is C16H23FN2O3S. The highest BCUT2D eigenvalue weighted by molar-refractivity contribution is 7.89. The average Bonchev–Trinajstić information content (AvgIpc) is 3.05. The first-order chi connectivity index (χ1) is 10.9. The largest absolute Gasteiger partial charge is 0.384 e. The van der Waals surface area contributed by atoms with E-state index in [2.05, 4.69) is 4.90 Å². The Morgan fingerprint density at radius 1 is 1.35 bits per heavy atom. The zero-order valence-electron chi connectivity index (χ0n) is 13.5. The molecule has 2 heterocycles. The molecule has 2 fully saturated rings. The van der Waals surface area contributed by atoms with Crippen LogP contribution >= 0.6 is 0 Å².